The number of rotatable bonds is 5. The second kappa shape index (κ2) is 7.98. The van der Waals surface area contributed by atoms with Gasteiger partial charge in [-0.05, 0) is 51.4 Å². The molecule has 1 aromatic heterocycles. The summed E-state index contributed by atoms with van der Waals surface area (Å²) in [5.74, 6) is -1.56. The van der Waals surface area contributed by atoms with Gasteiger partial charge in [-0.2, -0.15) is 0 Å². The summed E-state index contributed by atoms with van der Waals surface area (Å²) in [6.07, 6.45) is 2.29. The van der Waals surface area contributed by atoms with Crippen LogP contribution in [-0.4, -0.2) is 34.6 Å². The molecular formula is C19H24F2N2O2S. The Balaban J connectivity index is 1.71. The van der Waals surface area contributed by atoms with Gasteiger partial charge in [0.05, 0.1) is 10.6 Å². The average Bonchev–Trinajstić information content (AvgIpc) is 2.88. The molecule has 1 N–H and O–H groups in total. The molecule has 4 nitrogen and oxygen atoms in total. The Hall–Kier alpha value is -1.57. The number of aryl methyl sites for hydroxylation is 1. The first-order valence-corrected chi connectivity index (χ1v) is 9.72. The Morgan fingerprint density at radius 1 is 1.27 bits per heavy atom. The maximum absolute atomic E-state index is 13.3. The highest BCUT2D eigenvalue weighted by atomic mass is 32.1. The molecule has 1 fully saturated rings. The Morgan fingerprint density at radius 2 is 2.08 bits per heavy atom. The van der Waals surface area contributed by atoms with Crippen LogP contribution in [0.3, 0.4) is 0 Å². The van der Waals surface area contributed by atoms with Crippen molar-refractivity contribution in [1.82, 2.24) is 9.88 Å². The molecule has 1 aromatic carbocycles. The first kappa shape index (κ1) is 19.2. The van der Waals surface area contributed by atoms with Gasteiger partial charge in [-0.15, -0.1) is 11.3 Å². The van der Waals surface area contributed by atoms with Crippen LogP contribution in [0.25, 0.3) is 0 Å². The molecule has 3 rings (SSSR count). The lowest BCUT2D eigenvalue weighted by molar-refractivity contribution is 0.0210. The van der Waals surface area contributed by atoms with E-state index < -0.39 is 17.2 Å². The highest BCUT2D eigenvalue weighted by molar-refractivity contribution is 7.11. The lowest BCUT2D eigenvalue weighted by Crippen LogP contribution is -2.29. The minimum atomic E-state index is -0.933. The molecule has 0 radical (unpaired) electrons. The van der Waals surface area contributed by atoms with Crippen molar-refractivity contribution in [2.24, 2.45) is 0 Å². The predicted molar refractivity (Wildman–Crippen MR) is 97.4 cm³/mol. The second-order valence-corrected chi connectivity index (χ2v) is 7.80. The van der Waals surface area contributed by atoms with Crippen molar-refractivity contribution in [2.45, 2.75) is 45.3 Å². The predicted octanol–water partition coefficient (Wildman–Crippen LogP) is 4.00. The van der Waals surface area contributed by atoms with E-state index in [-0.39, 0.29) is 12.4 Å². The SMILES string of the molecule is CCN1CCC[C@@](O)(c2nc(C)c(COc3ccc(F)c(F)c3)s2)CC1. The number of hydrogen-bond donors (Lipinski definition) is 1. The fourth-order valence-corrected chi connectivity index (χ4v) is 4.30. The maximum Gasteiger partial charge on any atom is 0.162 e. The van der Waals surface area contributed by atoms with Gasteiger partial charge in [0.2, 0.25) is 0 Å². The molecular weight excluding hydrogens is 358 g/mol. The molecule has 1 aliphatic rings. The highest BCUT2D eigenvalue weighted by Gasteiger charge is 2.35. The summed E-state index contributed by atoms with van der Waals surface area (Å²) in [7, 11) is 0. The van der Waals surface area contributed by atoms with Gasteiger partial charge in [0.15, 0.2) is 11.6 Å². The molecule has 0 spiro atoms. The van der Waals surface area contributed by atoms with E-state index >= 15 is 0 Å². The number of halogens is 2. The molecule has 2 aromatic rings. The smallest absolute Gasteiger partial charge is 0.162 e. The van der Waals surface area contributed by atoms with Gasteiger partial charge in [0.1, 0.15) is 23.0 Å². The molecule has 1 aliphatic heterocycles. The number of thiazole rings is 1. The summed E-state index contributed by atoms with van der Waals surface area (Å²) in [4.78, 5) is 7.80. The third-order valence-corrected chi connectivity index (χ3v) is 6.23. The fourth-order valence-electron chi connectivity index (χ4n) is 3.18. The van der Waals surface area contributed by atoms with Gasteiger partial charge in [-0.25, -0.2) is 13.8 Å². The van der Waals surface area contributed by atoms with Crippen molar-refractivity contribution >= 4 is 11.3 Å². The molecule has 2 heterocycles. The largest absolute Gasteiger partial charge is 0.488 e. The Kier molecular flexibility index (Phi) is 5.89. The minimum absolute atomic E-state index is 0.214. The third kappa shape index (κ3) is 4.22. The monoisotopic (exact) mass is 382 g/mol. The molecule has 0 saturated carbocycles. The van der Waals surface area contributed by atoms with E-state index in [2.05, 4.69) is 16.8 Å². The standard InChI is InChI=1S/C19H24F2N2O2S/c1-3-23-9-4-7-19(24,8-10-23)18-22-13(2)17(26-18)12-25-14-5-6-15(20)16(21)11-14/h5-6,11,24H,3-4,7-10,12H2,1-2H3/t19-/m0/s1. The summed E-state index contributed by atoms with van der Waals surface area (Å²) in [5, 5.41) is 11.8. The van der Waals surface area contributed by atoms with Gasteiger partial charge in [0, 0.05) is 12.6 Å². The number of likely N-dealkylation sites (tertiary alicyclic amines) is 1. The van der Waals surface area contributed by atoms with E-state index in [1.54, 1.807) is 0 Å². The number of aromatic nitrogens is 1. The van der Waals surface area contributed by atoms with Crippen LogP contribution in [0.2, 0.25) is 0 Å². The second-order valence-electron chi connectivity index (χ2n) is 6.71. The zero-order valence-electron chi connectivity index (χ0n) is 15.1. The van der Waals surface area contributed by atoms with Crippen LogP contribution in [0.5, 0.6) is 5.75 Å². The summed E-state index contributed by atoms with van der Waals surface area (Å²) in [5.41, 5.74) is -0.0999. The van der Waals surface area contributed by atoms with E-state index in [9.17, 15) is 13.9 Å². The Morgan fingerprint density at radius 3 is 2.81 bits per heavy atom. The number of aliphatic hydroxyl groups is 1. The van der Waals surface area contributed by atoms with Crippen molar-refractivity contribution in [3.8, 4) is 5.75 Å². The molecule has 0 aliphatic carbocycles. The Labute approximate surface area is 156 Å². The summed E-state index contributed by atoms with van der Waals surface area (Å²) >= 11 is 1.44. The van der Waals surface area contributed by atoms with Crippen molar-refractivity contribution in [2.75, 3.05) is 19.6 Å². The van der Waals surface area contributed by atoms with E-state index in [0.29, 0.717) is 12.8 Å². The van der Waals surface area contributed by atoms with Crippen molar-refractivity contribution in [3.63, 3.8) is 0 Å². The zero-order chi connectivity index (χ0) is 18.7. The van der Waals surface area contributed by atoms with Gasteiger partial charge in [-0.3, -0.25) is 0 Å². The molecule has 0 amide bonds. The molecule has 0 unspecified atom stereocenters. The summed E-state index contributed by atoms with van der Waals surface area (Å²) in [6, 6.07) is 3.47. The third-order valence-electron chi connectivity index (χ3n) is 4.91. The molecule has 1 atom stereocenters. The van der Waals surface area contributed by atoms with Crippen LogP contribution in [0.15, 0.2) is 18.2 Å². The molecule has 0 bridgehead atoms. The summed E-state index contributed by atoms with van der Waals surface area (Å²) in [6.45, 7) is 7.06. The molecule has 26 heavy (non-hydrogen) atoms. The van der Waals surface area contributed by atoms with E-state index in [1.165, 1.54) is 17.4 Å². The van der Waals surface area contributed by atoms with Crippen LogP contribution in [0.1, 0.15) is 41.8 Å². The van der Waals surface area contributed by atoms with Crippen LogP contribution in [0, 0.1) is 18.6 Å². The Bertz CT molecular complexity index is 768. The lowest BCUT2D eigenvalue weighted by atomic mass is 9.96. The van der Waals surface area contributed by atoms with Crippen molar-refractivity contribution in [3.05, 3.63) is 45.4 Å². The van der Waals surface area contributed by atoms with E-state index in [1.807, 2.05) is 6.92 Å². The topological polar surface area (TPSA) is 45.6 Å². The number of benzene rings is 1. The van der Waals surface area contributed by atoms with Gasteiger partial charge in [0.25, 0.3) is 0 Å². The van der Waals surface area contributed by atoms with Crippen molar-refractivity contribution in [1.29, 1.82) is 0 Å². The van der Waals surface area contributed by atoms with Gasteiger partial charge >= 0.3 is 0 Å². The number of nitrogens with zero attached hydrogens (tertiary/aromatic N) is 2. The number of ether oxygens (including phenoxy) is 1. The van der Waals surface area contributed by atoms with E-state index in [0.717, 1.165) is 53.8 Å². The summed E-state index contributed by atoms with van der Waals surface area (Å²) < 4.78 is 31.8. The van der Waals surface area contributed by atoms with E-state index in [4.69, 9.17) is 4.74 Å². The lowest BCUT2D eigenvalue weighted by Gasteiger charge is -2.24. The van der Waals surface area contributed by atoms with Crippen LogP contribution < -0.4 is 4.74 Å². The molecule has 7 heteroatoms. The van der Waals surface area contributed by atoms with Crippen LogP contribution >= 0.6 is 11.3 Å². The minimum Gasteiger partial charge on any atom is -0.488 e. The number of hydrogen-bond acceptors (Lipinski definition) is 5. The first-order chi connectivity index (χ1) is 12.4. The molecule has 142 valence electrons. The maximum atomic E-state index is 13.3. The van der Waals surface area contributed by atoms with Gasteiger partial charge in [-0.1, -0.05) is 6.92 Å². The normalized spacial score (nSPS) is 21.6. The average molecular weight is 382 g/mol. The first-order valence-electron chi connectivity index (χ1n) is 8.90. The zero-order valence-corrected chi connectivity index (χ0v) is 15.9. The van der Waals surface area contributed by atoms with Crippen LogP contribution in [-0.2, 0) is 12.2 Å². The quantitative estimate of drug-likeness (QED) is 0.849. The highest BCUT2D eigenvalue weighted by Crippen LogP contribution is 2.36. The van der Waals surface area contributed by atoms with Gasteiger partial charge < -0.3 is 14.7 Å². The van der Waals surface area contributed by atoms with Crippen molar-refractivity contribution < 1.29 is 18.6 Å². The fraction of sp³-hybridized carbons (Fsp3) is 0.526. The molecule has 1 saturated heterocycles. The van der Waals surface area contributed by atoms with Crippen LogP contribution in [0.4, 0.5) is 8.78 Å².